The lowest BCUT2D eigenvalue weighted by atomic mass is 10.3. The average Bonchev–Trinajstić information content (AvgIpc) is 2.47. The molecule has 0 aliphatic carbocycles. The minimum absolute atomic E-state index is 0.178. The number of anilines is 3. The summed E-state index contributed by atoms with van der Waals surface area (Å²) in [4.78, 5) is 16.2. The lowest BCUT2D eigenvalue weighted by molar-refractivity contribution is 0.440. The standard InChI is InChI=1S/C13H19N7O/c1-19(2)9-6-5-7-10(8-9)21-13-16-11(18-14)15-12(17-13)20(3)4/h5-8H,14H2,1-4H3,(H,15,16,17,18). The van der Waals surface area contributed by atoms with Gasteiger partial charge in [-0.15, -0.1) is 0 Å². The van der Waals surface area contributed by atoms with Crippen molar-refractivity contribution in [1.82, 2.24) is 15.0 Å². The maximum atomic E-state index is 5.69. The molecule has 0 fully saturated rings. The predicted molar refractivity (Wildman–Crippen MR) is 82.8 cm³/mol. The molecule has 8 heteroatoms. The number of ether oxygens (including phenoxy) is 1. The number of hydrazine groups is 1. The van der Waals surface area contributed by atoms with Crippen molar-refractivity contribution in [3.63, 3.8) is 0 Å². The Balaban J connectivity index is 2.30. The number of nitrogens with two attached hydrogens (primary N) is 1. The molecule has 0 unspecified atom stereocenters. The van der Waals surface area contributed by atoms with Crippen LogP contribution in [-0.4, -0.2) is 43.1 Å². The molecule has 0 saturated carbocycles. The van der Waals surface area contributed by atoms with Crippen molar-refractivity contribution in [3.8, 4) is 11.8 Å². The summed E-state index contributed by atoms with van der Waals surface area (Å²) in [6, 6.07) is 7.80. The summed E-state index contributed by atoms with van der Waals surface area (Å²) in [5.74, 6) is 6.70. The van der Waals surface area contributed by atoms with Gasteiger partial charge in [-0.1, -0.05) is 6.07 Å². The Morgan fingerprint density at radius 2 is 1.81 bits per heavy atom. The highest BCUT2D eigenvalue weighted by molar-refractivity contribution is 5.50. The smallest absolute Gasteiger partial charge is 0.328 e. The van der Waals surface area contributed by atoms with Crippen LogP contribution in [0.2, 0.25) is 0 Å². The molecular weight excluding hydrogens is 270 g/mol. The monoisotopic (exact) mass is 289 g/mol. The SMILES string of the molecule is CN(C)c1cccc(Oc2nc(NN)nc(N(C)C)n2)c1. The second-order valence-electron chi connectivity index (χ2n) is 4.77. The molecule has 112 valence electrons. The number of rotatable bonds is 5. The van der Waals surface area contributed by atoms with Gasteiger partial charge in [0.2, 0.25) is 11.9 Å². The van der Waals surface area contributed by atoms with E-state index in [2.05, 4.69) is 20.4 Å². The quantitative estimate of drug-likeness (QED) is 0.624. The van der Waals surface area contributed by atoms with Gasteiger partial charge in [0.1, 0.15) is 5.75 Å². The van der Waals surface area contributed by atoms with Gasteiger partial charge in [-0.3, -0.25) is 5.43 Å². The number of nitrogen functional groups attached to an aromatic ring is 1. The zero-order valence-corrected chi connectivity index (χ0v) is 12.5. The van der Waals surface area contributed by atoms with Crippen molar-refractivity contribution >= 4 is 17.6 Å². The Bertz CT molecular complexity index is 615. The topological polar surface area (TPSA) is 92.4 Å². The molecule has 8 nitrogen and oxygen atoms in total. The van der Waals surface area contributed by atoms with E-state index < -0.39 is 0 Å². The molecule has 1 aromatic heterocycles. The van der Waals surface area contributed by atoms with Crippen LogP contribution in [0.15, 0.2) is 24.3 Å². The second kappa shape index (κ2) is 6.23. The number of aromatic nitrogens is 3. The second-order valence-corrected chi connectivity index (χ2v) is 4.77. The lowest BCUT2D eigenvalue weighted by Crippen LogP contribution is -2.17. The van der Waals surface area contributed by atoms with Crippen LogP contribution >= 0.6 is 0 Å². The third-order valence-electron chi connectivity index (χ3n) is 2.68. The van der Waals surface area contributed by atoms with Gasteiger partial charge in [-0.25, -0.2) is 5.84 Å². The summed E-state index contributed by atoms with van der Waals surface area (Å²) in [5, 5.41) is 0. The average molecular weight is 289 g/mol. The minimum Gasteiger partial charge on any atom is -0.424 e. The van der Waals surface area contributed by atoms with E-state index in [9.17, 15) is 0 Å². The summed E-state index contributed by atoms with van der Waals surface area (Å²) in [6.45, 7) is 0. The van der Waals surface area contributed by atoms with Crippen LogP contribution in [0.25, 0.3) is 0 Å². The fourth-order valence-corrected chi connectivity index (χ4v) is 1.59. The Labute approximate surface area is 123 Å². The highest BCUT2D eigenvalue weighted by Gasteiger charge is 2.10. The molecule has 0 amide bonds. The van der Waals surface area contributed by atoms with E-state index in [0.29, 0.717) is 11.7 Å². The van der Waals surface area contributed by atoms with Crippen molar-refractivity contribution in [2.75, 3.05) is 43.4 Å². The number of nitrogens with one attached hydrogen (secondary N) is 1. The summed E-state index contributed by atoms with van der Waals surface area (Å²) in [5.41, 5.74) is 3.42. The van der Waals surface area contributed by atoms with Gasteiger partial charge in [-0.2, -0.15) is 15.0 Å². The molecule has 1 aromatic carbocycles. The number of hydrogen-bond donors (Lipinski definition) is 2. The van der Waals surface area contributed by atoms with E-state index in [1.807, 2.05) is 57.4 Å². The van der Waals surface area contributed by atoms with Crippen molar-refractivity contribution in [1.29, 1.82) is 0 Å². The van der Waals surface area contributed by atoms with Crippen LogP contribution in [0.4, 0.5) is 17.6 Å². The Hall–Kier alpha value is -2.61. The zero-order chi connectivity index (χ0) is 15.4. The highest BCUT2D eigenvalue weighted by atomic mass is 16.5. The maximum absolute atomic E-state index is 5.69. The fraction of sp³-hybridized carbons (Fsp3) is 0.308. The summed E-state index contributed by atoms with van der Waals surface area (Å²) >= 11 is 0. The number of hydrogen-bond acceptors (Lipinski definition) is 8. The Morgan fingerprint density at radius 3 is 2.43 bits per heavy atom. The van der Waals surface area contributed by atoms with Gasteiger partial charge in [0.25, 0.3) is 0 Å². The predicted octanol–water partition coefficient (Wildman–Crippen LogP) is 1.08. The number of nitrogens with zero attached hydrogens (tertiary/aromatic N) is 5. The highest BCUT2D eigenvalue weighted by Crippen LogP contribution is 2.24. The maximum Gasteiger partial charge on any atom is 0.328 e. The third kappa shape index (κ3) is 3.69. The molecule has 21 heavy (non-hydrogen) atoms. The van der Waals surface area contributed by atoms with Gasteiger partial charge < -0.3 is 14.5 Å². The molecule has 0 saturated heterocycles. The first-order valence-electron chi connectivity index (χ1n) is 6.35. The molecule has 0 aliphatic rings. The van der Waals surface area contributed by atoms with Gasteiger partial charge in [-0.05, 0) is 12.1 Å². The van der Waals surface area contributed by atoms with E-state index in [0.717, 1.165) is 5.69 Å². The van der Waals surface area contributed by atoms with Gasteiger partial charge in [0.15, 0.2) is 0 Å². The first kappa shape index (κ1) is 14.8. The van der Waals surface area contributed by atoms with Gasteiger partial charge in [0, 0.05) is 39.9 Å². The van der Waals surface area contributed by atoms with Crippen LogP contribution in [0.5, 0.6) is 11.8 Å². The Kier molecular flexibility index (Phi) is 4.39. The molecule has 2 rings (SSSR count). The molecule has 1 heterocycles. The molecule has 2 aromatic rings. The molecule has 0 atom stereocenters. The van der Waals surface area contributed by atoms with E-state index in [1.165, 1.54) is 0 Å². The summed E-state index contributed by atoms with van der Waals surface area (Å²) in [7, 11) is 7.57. The molecule has 0 spiro atoms. The Morgan fingerprint density at radius 1 is 1.05 bits per heavy atom. The van der Waals surface area contributed by atoms with Crippen LogP contribution in [-0.2, 0) is 0 Å². The van der Waals surface area contributed by atoms with Crippen molar-refractivity contribution in [2.45, 2.75) is 0 Å². The fourth-order valence-electron chi connectivity index (χ4n) is 1.59. The van der Waals surface area contributed by atoms with E-state index in [1.54, 1.807) is 4.90 Å². The zero-order valence-electron chi connectivity index (χ0n) is 12.5. The third-order valence-corrected chi connectivity index (χ3v) is 2.68. The van der Waals surface area contributed by atoms with E-state index >= 15 is 0 Å². The van der Waals surface area contributed by atoms with Crippen molar-refractivity contribution < 1.29 is 4.74 Å². The van der Waals surface area contributed by atoms with Crippen molar-refractivity contribution in [3.05, 3.63) is 24.3 Å². The van der Waals surface area contributed by atoms with Crippen LogP contribution in [0, 0.1) is 0 Å². The van der Waals surface area contributed by atoms with E-state index in [-0.39, 0.29) is 12.0 Å². The number of benzene rings is 1. The van der Waals surface area contributed by atoms with Crippen LogP contribution < -0.4 is 25.8 Å². The summed E-state index contributed by atoms with van der Waals surface area (Å²) in [6.07, 6.45) is 0. The molecule has 0 aliphatic heterocycles. The minimum atomic E-state index is 0.178. The first-order valence-corrected chi connectivity index (χ1v) is 6.35. The van der Waals surface area contributed by atoms with Crippen molar-refractivity contribution in [2.24, 2.45) is 5.84 Å². The van der Waals surface area contributed by atoms with Gasteiger partial charge in [0.05, 0.1) is 0 Å². The van der Waals surface area contributed by atoms with Crippen LogP contribution in [0.1, 0.15) is 0 Å². The van der Waals surface area contributed by atoms with E-state index in [4.69, 9.17) is 10.6 Å². The molecular formula is C13H19N7O. The molecule has 0 bridgehead atoms. The normalized spacial score (nSPS) is 10.1. The lowest BCUT2D eigenvalue weighted by Gasteiger charge is -2.14. The molecule has 3 N–H and O–H groups in total. The van der Waals surface area contributed by atoms with Gasteiger partial charge >= 0.3 is 6.01 Å². The van der Waals surface area contributed by atoms with Crippen LogP contribution in [0.3, 0.4) is 0 Å². The largest absolute Gasteiger partial charge is 0.424 e. The summed E-state index contributed by atoms with van der Waals surface area (Å²) < 4.78 is 5.69. The first-order chi connectivity index (χ1) is 9.99. The molecule has 0 radical (unpaired) electrons.